The number of carbonyl (C=O) groups excluding carboxylic acids is 2. The fraction of sp³-hybridized carbons (Fsp3) is 0.333. The Hall–Kier alpha value is -2.38. The lowest BCUT2D eigenvalue weighted by Crippen LogP contribution is -2.59. The van der Waals surface area contributed by atoms with Gasteiger partial charge in [0, 0.05) is 24.1 Å². The number of benzene rings is 2. The number of hydrogen-bond acceptors (Lipinski definition) is 3. The Morgan fingerprint density at radius 1 is 1.10 bits per heavy atom. The van der Waals surface area contributed by atoms with Gasteiger partial charge < -0.3 is 15.4 Å². The summed E-state index contributed by atoms with van der Waals surface area (Å²) in [5, 5.41) is 5.60. The number of carbonyl (C=O) groups is 2. The summed E-state index contributed by atoms with van der Waals surface area (Å²) in [4.78, 5) is 24.4. The average molecular weight is 457 g/mol. The molecular weight excluding hydrogens is 437 g/mol. The first-order chi connectivity index (χ1) is 14.1. The molecule has 1 saturated carbocycles. The standard InChI is InChI=1S/C21H20Cl2F2N2O3/c1-21(27-19(28)11-30-14-3-5-16(23)18(25)7-14)8-13(9-21)20(29)26-10-12-2-4-15(22)17(24)6-12/h2-7,13H,8-11H2,1H3,(H,26,29)(H,27,28). The molecule has 0 aromatic heterocycles. The third-order valence-corrected chi connectivity index (χ3v) is 5.53. The molecule has 0 saturated heterocycles. The lowest BCUT2D eigenvalue weighted by atomic mass is 9.69. The second kappa shape index (κ2) is 9.18. The molecule has 0 spiro atoms. The first-order valence-corrected chi connectivity index (χ1v) is 10.0. The van der Waals surface area contributed by atoms with Gasteiger partial charge in [-0.15, -0.1) is 0 Å². The minimum atomic E-state index is -0.629. The quantitative estimate of drug-likeness (QED) is 0.654. The van der Waals surface area contributed by atoms with Crippen molar-refractivity contribution in [1.82, 2.24) is 10.6 Å². The molecule has 2 N–H and O–H groups in total. The van der Waals surface area contributed by atoms with Gasteiger partial charge in [0.05, 0.1) is 10.0 Å². The van der Waals surface area contributed by atoms with Gasteiger partial charge in [-0.3, -0.25) is 9.59 Å². The summed E-state index contributed by atoms with van der Waals surface area (Å²) < 4.78 is 32.1. The summed E-state index contributed by atoms with van der Waals surface area (Å²) in [7, 11) is 0. The van der Waals surface area contributed by atoms with Crippen LogP contribution >= 0.6 is 23.2 Å². The van der Waals surface area contributed by atoms with E-state index in [2.05, 4.69) is 10.6 Å². The maximum Gasteiger partial charge on any atom is 0.258 e. The molecule has 1 fully saturated rings. The van der Waals surface area contributed by atoms with Gasteiger partial charge in [0.15, 0.2) is 6.61 Å². The first kappa shape index (κ1) is 22.3. The van der Waals surface area contributed by atoms with Crippen LogP contribution in [0.3, 0.4) is 0 Å². The predicted octanol–water partition coefficient (Wildman–Crippen LogP) is 4.25. The van der Waals surface area contributed by atoms with Gasteiger partial charge >= 0.3 is 0 Å². The van der Waals surface area contributed by atoms with Crippen LogP contribution in [0.4, 0.5) is 8.78 Å². The second-order valence-corrected chi connectivity index (χ2v) is 8.36. The lowest BCUT2D eigenvalue weighted by Gasteiger charge is -2.44. The summed E-state index contributed by atoms with van der Waals surface area (Å²) in [6.07, 6.45) is 0.935. The van der Waals surface area contributed by atoms with E-state index in [9.17, 15) is 18.4 Å². The van der Waals surface area contributed by atoms with Gasteiger partial charge in [-0.05, 0) is 49.6 Å². The smallest absolute Gasteiger partial charge is 0.258 e. The highest BCUT2D eigenvalue weighted by Gasteiger charge is 2.44. The molecule has 0 radical (unpaired) electrons. The highest BCUT2D eigenvalue weighted by molar-refractivity contribution is 6.31. The molecule has 0 aliphatic heterocycles. The Balaban J connectivity index is 1.41. The third-order valence-electron chi connectivity index (χ3n) is 4.92. The number of hydrogen-bond donors (Lipinski definition) is 2. The highest BCUT2D eigenvalue weighted by Crippen LogP contribution is 2.37. The zero-order valence-electron chi connectivity index (χ0n) is 16.1. The molecule has 0 bridgehead atoms. The fourth-order valence-corrected chi connectivity index (χ4v) is 3.62. The van der Waals surface area contributed by atoms with E-state index in [-0.39, 0.29) is 46.7 Å². The Morgan fingerprint density at radius 2 is 1.73 bits per heavy atom. The molecule has 3 rings (SSSR count). The largest absolute Gasteiger partial charge is 0.484 e. The van der Waals surface area contributed by atoms with Crippen LogP contribution in [0.25, 0.3) is 0 Å². The van der Waals surface area contributed by atoms with Crippen LogP contribution in [0.5, 0.6) is 5.75 Å². The van der Waals surface area contributed by atoms with Crippen molar-refractivity contribution in [3.05, 3.63) is 63.6 Å². The zero-order valence-corrected chi connectivity index (χ0v) is 17.6. The van der Waals surface area contributed by atoms with Crippen LogP contribution in [0.2, 0.25) is 10.0 Å². The van der Waals surface area contributed by atoms with Crippen LogP contribution in [-0.4, -0.2) is 24.0 Å². The molecule has 160 valence electrons. The van der Waals surface area contributed by atoms with Crippen molar-refractivity contribution < 1.29 is 23.1 Å². The molecule has 9 heteroatoms. The Morgan fingerprint density at radius 3 is 2.37 bits per heavy atom. The molecule has 1 aliphatic rings. The molecular formula is C21H20Cl2F2N2O3. The summed E-state index contributed by atoms with van der Waals surface area (Å²) in [5.74, 6) is -1.75. The van der Waals surface area contributed by atoms with Gasteiger partial charge in [0.2, 0.25) is 5.91 Å². The van der Waals surface area contributed by atoms with Crippen molar-refractivity contribution in [2.75, 3.05) is 6.61 Å². The minimum Gasteiger partial charge on any atom is -0.484 e. The van der Waals surface area contributed by atoms with E-state index in [1.165, 1.54) is 24.3 Å². The van der Waals surface area contributed by atoms with Crippen molar-refractivity contribution in [3.8, 4) is 5.75 Å². The van der Waals surface area contributed by atoms with E-state index in [1.54, 1.807) is 6.07 Å². The van der Waals surface area contributed by atoms with Crippen molar-refractivity contribution in [2.45, 2.75) is 31.8 Å². The van der Waals surface area contributed by atoms with Gasteiger partial charge in [-0.25, -0.2) is 8.78 Å². The van der Waals surface area contributed by atoms with Crippen LogP contribution in [-0.2, 0) is 16.1 Å². The van der Waals surface area contributed by atoms with Crippen molar-refractivity contribution >= 4 is 35.0 Å². The maximum absolute atomic E-state index is 13.5. The van der Waals surface area contributed by atoms with E-state index in [1.807, 2.05) is 6.92 Å². The molecule has 2 aromatic carbocycles. The van der Waals surface area contributed by atoms with Crippen LogP contribution < -0.4 is 15.4 Å². The van der Waals surface area contributed by atoms with Crippen molar-refractivity contribution in [3.63, 3.8) is 0 Å². The van der Waals surface area contributed by atoms with E-state index < -0.39 is 17.2 Å². The van der Waals surface area contributed by atoms with E-state index in [0.29, 0.717) is 18.4 Å². The van der Waals surface area contributed by atoms with Crippen LogP contribution in [0, 0.1) is 17.6 Å². The molecule has 5 nitrogen and oxygen atoms in total. The summed E-state index contributed by atoms with van der Waals surface area (Å²) in [6.45, 7) is 1.75. The SMILES string of the molecule is CC1(NC(=O)COc2ccc(Cl)c(F)c2)CC(C(=O)NCc2ccc(Cl)c(F)c2)C1. The van der Waals surface area contributed by atoms with E-state index in [0.717, 1.165) is 6.07 Å². The summed E-state index contributed by atoms with van der Waals surface area (Å²) in [5.41, 5.74) is 0.0801. The van der Waals surface area contributed by atoms with Gasteiger partial charge in [-0.1, -0.05) is 29.3 Å². The number of rotatable bonds is 7. The Kier molecular flexibility index (Phi) is 6.83. The molecule has 1 aliphatic carbocycles. The zero-order chi connectivity index (χ0) is 21.9. The number of halogens is 4. The van der Waals surface area contributed by atoms with Gasteiger partial charge in [-0.2, -0.15) is 0 Å². The number of ether oxygens (including phenoxy) is 1. The minimum absolute atomic E-state index is 0.0284. The van der Waals surface area contributed by atoms with Crippen LogP contribution in [0.15, 0.2) is 36.4 Å². The second-order valence-electron chi connectivity index (χ2n) is 7.54. The maximum atomic E-state index is 13.5. The molecule has 2 amide bonds. The first-order valence-electron chi connectivity index (χ1n) is 9.26. The Bertz CT molecular complexity index is 965. The summed E-state index contributed by atoms with van der Waals surface area (Å²) >= 11 is 11.2. The lowest BCUT2D eigenvalue weighted by molar-refractivity contribution is -0.134. The van der Waals surface area contributed by atoms with Gasteiger partial charge in [0.25, 0.3) is 5.91 Å². The normalized spacial score (nSPS) is 20.2. The summed E-state index contributed by atoms with van der Waals surface area (Å²) in [6, 6.07) is 8.28. The number of nitrogens with one attached hydrogen (secondary N) is 2. The molecule has 30 heavy (non-hydrogen) atoms. The van der Waals surface area contributed by atoms with Crippen molar-refractivity contribution in [2.24, 2.45) is 5.92 Å². The Labute approximate surface area is 182 Å². The fourth-order valence-electron chi connectivity index (χ4n) is 3.39. The number of amides is 2. The van der Waals surface area contributed by atoms with E-state index in [4.69, 9.17) is 27.9 Å². The molecule has 0 atom stereocenters. The average Bonchev–Trinajstić information content (AvgIpc) is 2.67. The highest BCUT2D eigenvalue weighted by atomic mass is 35.5. The monoisotopic (exact) mass is 456 g/mol. The topological polar surface area (TPSA) is 67.4 Å². The molecule has 0 heterocycles. The third kappa shape index (κ3) is 5.61. The molecule has 2 aromatic rings. The molecule has 0 unspecified atom stereocenters. The van der Waals surface area contributed by atoms with Crippen LogP contribution in [0.1, 0.15) is 25.3 Å². The van der Waals surface area contributed by atoms with E-state index >= 15 is 0 Å². The predicted molar refractivity (Wildman–Crippen MR) is 109 cm³/mol. The van der Waals surface area contributed by atoms with Gasteiger partial charge in [0.1, 0.15) is 17.4 Å². The van der Waals surface area contributed by atoms with Crippen molar-refractivity contribution in [1.29, 1.82) is 0 Å².